The molecule has 2 fully saturated rings. The van der Waals surface area contributed by atoms with Crippen molar-refractivity contribution in [3.05, 3.63) is 71.8 Å². The second-order valence-corrected chi connectivity index (χ2v) is 11.7. The summed E-state index contributed by atoms with van der Waals surface area (Å²) < 4.78 is 40.8. The van der Waals surface area contributed by atoms with Gasteiger partial charge in [-0.25, -0.2) is 14.4 Å². The molecule has 6 atom stereocenters. The predicted octanol–water partition coefficient (Wildman–Crippen LogP) is 3.71. The Morgan fingerprint density at radius 2 is 1.53 bits per heavy atom. The Labute approximate surface area is 252 Å². The van der Waals surface area contributed by atoms with Crippen LogP contribution in [0.4, 0.5) is 4.79 Å². The topological polar surface area (TPSA) is 128 Å². The van der Waals surface area contributed by atoms with E-state index >= 15 is 0 Å². The van der Waals surface area contributed by atoms with Crippen LogP contribution in [0.1, 0.15) is 44.7 Å². The van der Waals surface area contributed by atoms with Gasteiger partial charge in [-0.1, -0.05) is 60.7 Å². The fourth-order valence-electron chi connectivity index (χ4n) is 5.32. The molecule has 0 saturated carbocycles. The second kappa shape index (κ2) is 14.3. The van der Waals surface area contributed by atoms with E-state index in [0.29, 0.717) is 6.61 Å². The third-order valence-electron chi connectivity index (χ3n) is 7.28. The molecule has 0 unspecified atom stereocenters. The number of amides is 1. The predicted molar refractivity (Wildman–Crippen MR) is 154 cm³/mol. The first-order chi connectivity index (χ1) is 20.5. The number of methoxy groups -OCH3 is 2. The van der Waals surface area contributed by atoms with E-state index in [4.69, 9.17) is 33.2 Å². The van der Waals surface area contributed by atoms with Gasteiger partial charge in [-0.3, -0.25) is 0 Å². The summed E-state index contributed by atoms with van der Waals surface area (Å²) in [6.45, 7) is 5.89. The van der Waals surface area contributed by atoms with Gasteiger partial charge in [0.15, 0.2) is 5.60 Å². The molecule has 234 valence electrons. The third-order valence-corrected chi connectivity index (χ3v) is 7.28. The summed E-state index contributed by atoms with van der Waals surface area (Å²) in [6, 6.07) is 18.1. The van der Waals surface area contributed by atoms with Gasteiger partial charge >= 0.3 is 18.0 Å². The number of carbonyl (C=O) groups is 3. The Morgan fingerprint density at radius 1 is 0.930 bits per heavy atom. The van der Waals surface area contributed by atoms with Crippen LogP contribution in [-0.2, 0) is 56.0 Å². The van der Waals surface area contributed by atoms with E-state index in [9.17, 15) is 14.4 Å². The van der Waals surface area contributed by atoms with Crippen molar-refractivity contribution >= 4 is 18.0 Å². The van der Waals surface area contributed by atoms with Crippen molar-refractivity contribution in [3.8, 4) is 0 Å². The van der Waals surface area contributed by atoms with Crippen molar-refractivity contribution in [2.45, 2.75) is 88.5 Å². The van der Waals surface area contributed by atoms with Crippen LogP contribution < -0.4 is 5.32 Å². The minimum absolute atomic E-state index is 0.0600. The minimum atomic E-state index is -1.65. The lowest BCUT2D eigenvalue weighted by Gasteiger charge is -2.39. The van der Waals surface area contributed by atoms with Crippen molar-refractivity contribution < 1.29 is 47.5 Å². The number of fused-ring (bicyclic) bond motifs is 1. The Bertz CT molecular complexity index is 1220. The van der Waals surface area contributed by atoms with Crippen LogP contribution in [0.25, 0.3) is 0 Å². The van der Waals surface area contributed by atoms with Crippen molar-refractivity contribution in [1.29, 1.82) is 0 Å². The molecule has 0 spiro atoms. The van der Waals surface area contributed by atoms with Crippen molar-refractivity contribution in [2.24, 2.45) is 0 Å². The minimum Gasteiger partial charge on any atom is -0.467 e. The molecule has 2 aliphatic rings. The first-order valence-corrected chi connectivity index (χ1v) is 14.3. The molecule has 0 radical (unpaired) electrons. The lowest BCUT2D eigenvalue weighted by Crippen LogP contribution is -2.54. The van der Waals surface area contributed by atoms with Crippen molar-refractivity contribution in [1.82, 2.24) is 5.32 Å². The van der Waals surface area contributed by atoms with Gasteiger partial charge in [0, 0.05) is 12.8 Å². The van der Waals surface area contributed by atoms with E-state index in [0.717, 1.165) is 11.1 Å². The highest BCUT2D eigenvalue weighted by Gasteiger charge is 2.60. The Kier molecular flexibility index (Phi) is 10.8. The number of ether oxygens (including phenoxy) is 7. The molecule has 4 rings (SSSR count). The first kappa shape index (κ1) is 32.4. The van der Waals surface area contributed by atoms with Gasteiger partial charge in [-0.2, -0.15) is 0 Å². The quantitative estimate of drug-likeness (QED) is 0.302. The van der Waals surface area contributed by atoms with E-state index in [1.165, 1.54) is 14.2 Å². The lowest BCUT2D eigenvalue weighted by atomic mass is 9.89. The zero-order chi connectivity index (χ0) is 31.0. The normalized spacial score (nSPS) is 25.7. The molecule has 43 heavy (non-hydrogen) atoms. The average molecular weight is 600 g/mol. The second-order valence-electron chi connectivity index (χ2n) is 11.7. The maximum Gasteiger partial charge on any atom is 0.408 e. The molecule has 2 saturated heterocycles. The van der Waals surface area contributed by atoms with Gasteiger partial charge in [0.05, 0.1) is 40.1 Å². The number of alkyl carbamates (subject to hydrolysis) is 1. The molecule has 2 aromatic carbocycles. The van der Waals surface area contributed by atoms with Crippen LogP contribution in [0.3, 0.4) is 0 Å². The van der Waals surface area contributed by atoms with Crippen LogP contribution >= 0.6 is 0 Å². The number of hydrogen-bond donors (Lipinski definition) is 1. The highest BCUT2D eigenvalue weighted by Crippen LogP contribution is 2.42. The number of benzene rings is 2. The fraction of sp³-hybridized carbons (Fsp3) is 0.531. The van der Waals surface area contributed by atoms with Gasteiger partial charge < -0.3 is 38.5 Å². The first-order valence-electron chi connectivity index (χ1n) is 14.3. The van der Waals surface area contributed by atoms with Crippen molar-refractivity contribution in [3.63, 3.8) is 0 Å². The molecule has 0 aromatic heterocycles. The number of carbonyl (C=O) groups excluding carboxylic acids is 3. The van der Waals surface area contributed by atoms with E-state index in [1.54, 1.807) is 20.8 Å². The maximum absolute atomic E-state index is 13.3. The molecule has 0 aliphatic carbocycles. The lowest BCUT2D eigenvalue weighted by molar-refractivity contribution is -0.225. The smallest absolute Gasteiger partial charge is 0.408 e. The highest BCUT2D eigenvalue weighted by molar-refractivity contribution is 5.85. The molecule has 2 heterocycles. The molecule has 2 aromatic rings. The van der Waals surface area contributed by atoms with Crippen LogP contribution in [0.5, 0.6) is 0 Å². The zero-order valence-electron chi connectivity index (χ0n) is 25.3. The highest BCUT2D eigenvalue weighted by atomic mass is 16.6. The summed E-state index contributed by atoms with van der Waals surface area (Å²) in [5.74, 6) is -1.48. The van der Waals surface area contributed by atoms with E-state index < -0.39 is 59.7 Å². The molecule has 1 amide bonds. The van der Waals surface area contributed by atoms with Crippen molar-refractivity contribution in [2.75, 3.05) is 20.8 Å². The standard InChI is InChI=1S/C32H41NO10/c1-31(2,3)43-30(36)33-23(28(34)37-4)16-32(29(35)38-5)17-24-27(42-32)26(41-19-22-14-10-7-11-15-22)25(20-40-24)39-18-21-12-8-6-9-13-21/h6-15,23-27H,16-20H2,1-5H3,(H,33,36)/t23-,24+,25+,26+,27-,32-/m0/s1. The molecular formula is C32H41NO10. The van der Waals surface area contributed by atoms with E-state index in [1.807, 2.05) is 60.7 Å². The maximum atomic E-state index is 13.3. The Morgan fingerprint density at radius 3 is 2.09 bits per heavy atom. The van der Waals surface area contributed by atoms with Gasteiger partial charge in [0.2, 0.25) is 0 Å². The van der Waals surface area contributed by atoms with Crippen LogP contribution in [-0.4, -0.2) is 80.5 Å². The summed E-state index contributed by atoms with van der Waals surface area (Å²) in [4.78, 5) is 38.7. The van der Waals surface area contributed by atoms with Crippen LogP contribution in [0.15, 0.2) is 60.7 Å². The summed E-state index contributed by atoms with van der Waals surface area (Å²) in [7, 11) is 2.43. The average Bonchev–Trinajstić information content (AvgIpc) is 3.37. The van der Waals surface area contributed by atoms with E-state index in [2.05, 4.69) is 5.32 Å². The summed E-state index contributed by atoms with van der Waals surface area (Å²) >= 11 is 0. The zero-order valence-corrected chi connectivity index (χ0v) is 25.3. The molecule has 2 aliphatic heterocycles. The summed E-state index contributed by atoms with van der Waals surface area (Å²) in [5.41, 5.74) is -0.524. The van der Waals surface area contributed by atoms with Crippen LogP contribution in [0.2, 0.25) is 0 Å². The van der Waals surface area contributed by atoms with Gasteiger partial charge in [-0.05, 0) is 31.9 Å². The molecule has 11 nitrogen and oxygen atoms in total. The molecular weight excluding hydrogens is 558 g/mol. The SMILES string of the molecule is COC(=O)[C@H](C[C@@]1(C(=O)OC)C[C@H]2OC[C@@H](OCc3ccccc3)[C@@H](OCc3ccccc3)[C@H]2O1)NC(=O)OC(C)(C)C. The third kappa shape index (κ3) is 8.54. The molecule has 1 N–H and O–H groups in total. The largest absolute Gasteiger partial charge is 0.467 e. The van der Waals surface area contributed by atoms with Crippen LogP contribution in [0, 0.1) is 0 Å². The fourth-order valence-corrected chi connectivity index (χ4v) is 5.32. The van der Waals surface area contributed by atoms with Gasteiger partial charge in [0.1, 0.15) is 30.0 Å². The summed E-state index contributed by atoms with van der Waals surface area (Å²) in [5, 5.41) is 2.52. The number of esters is 2. The van der Waals surface area contributed by atoms with Gasteiger partial charge in [-0.15, -0.1) is 0 Å². The number of rotatable bonds is 11. The van der Waals surface area contributed by atoms with E-state index in [-0.39, 0.29) is 26.1 Å². The number of nitrogens with one attached hydrogen (secondary N) is 1. The summed E-state index contributed by atoms with van der Waals surface area (Å²) in [6.07, 6.45) is -3.51. The Hall–Kier alpha value is -3.51. The Balaban J connectivity index is 1.58. The van der Waals surface area contributed by atoms with Gasteiger partial charge in [0.25, 0.3) is 0 Å². The number of hydrogen-bond acceptors (Lipinski definition) is 10. The monoisotopic (exact) mass is 599 g/mol. The molecule has 0 bridgehead atoms. The molecule has 11 heteroatoms.